The van der Waals surface area contributed by atoms with Crippen molar-refractivity contribution in [3.8, 4) is 5.75 Å². The molecule has 0 aliphatic carbocycles. The largest absolute Gasteiger partial charge is 0.508 e. The number of anilines is 1. The summed E-state index contributed by atoms with van der Waals surface area (Å²) in [5.41, 5.74) is 8.32. The van der Waals surface area contributed by atoms with Gasteiger partial charge in [-0.25, -0.2) is 5.43 Å². The minimum Gasteiger partial charge on any atom is -0.508 e. The van der Waals surface area contributed by atoms with Gasteiger partial charge in [0.15, 0.2) is 0 Å². The van der Waals surface area contributed by atoms with Crippen molar-refractivity contribution in [3.63, 3.8) is 0 Å². The maximum atomic E-state index is 12.4. The maximum Gasteiger partial charge on any atom is 0.248 e. The predicted molar refractivity (Wildman–Crippen MR) is 95.4 cm³/mol. The monoisotopic (exact) mass is 359 g/mol. The van der Waals surface area contributed by atoms with Crippen molar-refractivity contribution in [1.82, 2.24) is 10.9 Å². The number of hydrogen-bond acceptors (Lipinski definition) is 4. The summed E-state index contributed by atoms with van der Waals surface area (Å²) in [5, 5.41) is 12.6. The molecule has 1 aliphatic rings. The number of aromatic hydroxyl groups is 1. The lowest BCUT2D eigenvalue weighted by Gasteiger charge is -2.17. The number of hydrogen-bond donors (Lipinski definition) is 4. The molecule has 7 heteroatoms. The quantitative estimate of drug-likeness (QED) is 0.632. The van der Waals surface area contributed by atoms with E-state index in [-0.39, 0.29) is 17.6 Å². The van der Waals surface area contributed by atoms with Gasteiger partial charge in [0.25, 0.3) is 0 Å². The van der Waals surface area contributed by atoms with Crippen molar-refractivity contribution in [2.75, 3.05) is 5.32 Å². The van der Waals surface area contributed by atoms with E-state index in [2.05, 4.69) is 16.2 Å². The zero-order valence-corrected chi connectivity index (χ0v) is 14.5. The van der Waals surface area contributed by atoms with Crippen molar-refractivity contribution < 1.29 is 14.7 Å². The molecule has 1 aliphatic heterocycles. The number of carbonyl (C=O) groups is 2. The van der Waals surface area contributed by atoms with E-state index in [1.165, 1.54) is 12.1 Å². The molecule has 4 N–H and O–H groups in total. The van der Waals surface area contributed by atoms with Crippen molar-refractivity contribution in [2.45, 2.75) is 25.8 Å². The van der Waals surface area contributed by atoms with Crippen LogP contribution in [0.3, 0.4) is 0 Å². The van der Waals surface area contributed by atoms with Crippen LogP contribution in [0, 0.1) is 6.92 Å². The van der Waals surface area contributed by atoms with E-state index in [0.29, 0.717) is 16.3 Å². The molecule has 2 atom stereocenters. The number of fused-ring (bicyclic) bond motifs is 1. The average Bonchev–Trinajstić information content (AvgIpc) is 2.94. The van der Waals surface area contributed by atoms with Crippen LogP contribution in [-0.4, -0.2) is 16.9 Å². The summed E-state index contributed by atoms with van der Waals surface area (Å²) < 4.78 is 0. The number of aryl methyl sites for hydroxylation is 1. The first-order chi connectivity index (χ1) is 11.9. The molecule has 2 aromatic carbocycles. The number of nitrogens with one attached hydrogen (secondary N) is 3. The Bertz CT molecular complexity index is 836. The lowest BCUT2D eigenvalue weighted by atomic mass is 10.0. The van der Waals surface area contributed by atoms with Gasteiger partial charge in [0.2, 0.25) is 11.8 Å². The van der Waals surface area contributed by atoms with E-state index >= 15 is 0 Å². The second-order valence-corrected chi connectivity index (χ2v) is 6.43. The van der Waals surface area contributed by atoms with Crippen LogP contribution in [-0.2, 0) is 9.59 Å². The second kappa shape index (κ2) is 6.74. The van der Waals surface area contributed by atoms with Crippen LogP contribution in [0.5, 0.6) is 5.75 Å². The Morgan fingerprint density at radius 3 is 2.60 bits per heavy atom. The van der Waals surface area contributed by atoms with Gasteiger partial charge in [-0.3, -0.25) is 15.0 Å². The SMILES string of the molecule is Cc1ccc(Cl)c2c1NC(=O)C2NNC(=O)[C@@H](C)c1ccc(O)cc1. The Labute approximate surface area is 150 Å². The van der Waals surface area contributed by atoms with E-state index < -0.39 is 12.0 Å². The Hall–Kier alpha value is -2.57. The molecule has 0 saturated carbocycles. The smallest absolute Gasteiger partial charge is 0.248 e. The van der Waals surface area contributed by atoms with E-state index in [1.807, 2.05) is 13.0 Å². The fourth-order valence-electron chi connectivity index (χ4n) is 2.78. The standard InChI is InChI=1S/C18H18ClN3O3/c1-9-3-8-13(19)14-15(9)20-18(25)16(14)21-22-17(24)10(2)11-4-6-12(23)7-5-11/h3-8,10,16,21,23H,1-2H3,(H,20,25)(H,22,24)/t10-,16?/m0/s1. The highest BCUT2D eigenvalue weighted by atomic mass is 35.5. The van der Waals surface area contributed by atoms with Crippen LogP contribution in [0.25, 0.3) is 0 Å². The van der Waals surface area contributed by atoms with Gasteiger partial charge in [-0.1, -0.05) is 29.8 Å². The third kappa shape index (κ3) is 3.31. The minimum absolute atomic E-state index is 0.138. The zero-order chi connectivity index (χ0) is 18.1. The molecular weight excluding hydrogens is 342 g/mol. The van der Waals surface area contributed by atoms with Gasteiger partial charge < -0.3 is 10.4 Å². The number of phenols is 1. The van der Waals surface area contributed by atoms with Gasteiger partial charge >= 0.3 is 0 Å². The molecule has 130 valence electrons. The van der Waals surface area contributed by atoms with Crippen molar-refractivity contribution in [3.05, 3.63) is 58.1 Å². The summed E-state index contributed by atoms with van der Waals surface area (Å²) >= 11 is 6.22. The first-order valence-electron chi connectivity index (χ1n) is 7.82. The summed E-state index contributed by atoms with van der Waals surface area (Å²) in [6.07, 6.45) is 0. The molecular formula is C18H18ClN3O3. The molecule has 3 rings (SSSR count). The lowest BCUT2D eigenvalue weighted by molar-refractivity contribution is -0.124. The molecule has 2 aromatic rings. The molecule has 0 radical (unpaired) electrons. The summed E-state index contributed by atoms with van der Waals surface area (Å²) in [7, 11) is 0. The van der Waals surface area contributed by atoms with Crippen LogP contribution in [0.2, 0.25) is 5.02 Å². The zero-order valence-electron chi connectivity index (χ0n) is 13.8. The molecule has 0 spiro atoms. The fraction of sp³-hybridized carbons (Fsp3) is 0.222. The average molecular weight is 360 g/mol. The summed E-state index contributed by atoms with van der Waals surface area (Å²) in [6, 6.07) is 9.21. The Kier molecular flexibility index (Phi) is 4.65. The molecule has 0 saturated heterocycles. The third-order valence-corrected chi connectivity index (χ3v) is 4.66. The molecule has 25 heavy (non-hydrogen) atoms. The van der Waals surface area contributed by atoms with Crippen LogP contribution in [0.4, 0.5) is 5.69 Å². The Morgan fingerprint density at radius 2 is 1.92 bits per heavy atom. The molecule has 2 amide bonds. The Morgan fingerprint density at radius 1 is 1.24 bits per heavy atom. The van der Waals surface area contributed by atoms with E-state index in [9.17, 15) is 14.7 Å². The molecule has 0 aromatic heterocycles. The van der Waals surface area contributed by atoms with Crippen LogP contribution in [0.1, 0.15) is 35.6 Å². The molecule has 1 unspecified atom stereocenters. The Balaban J connectivity index is 1.72. The normalized spacial score (nSPS) is 16.9. The molecule has 0 fully saturated rings. The maximum absolute atomic E-state index is 12.4. The van der Waals surface area contributed by atoms with E-state index in [4.69, 9.17) is 11.6 Å². The van der Waals surface area contributed by atoms with E-state index in [0.717, 1.165) is 11.1 Å². The van der Waals surface area contributed by atoms with Crippen LogP contribution < -0.4 is 16.2 Å². The predicted octanol–water partition coefficient (Wildman–Crippen LogP) is 2.77. The lowest BCUT2D eigenvalue weighted by Crippen LogP contribution is -2.44. The fourth-order valence-corrected chi connectivity index (χ4v) is 3.05. The van der Waals surface area contributed by atoms with Crippen molar-refractivity contribution in [1.29, 1.82) is 0 Å². The number of hydrazine groups is 1. The number of phenolic OH excluding ortho intramolecular Hbond substituents is 1. The van der Waals surface area contributed by atoms with Crippen molar-refractivity contribution >= 4 is 29.1 Å². The van der Waals surface area contributed by atoms with E-state index in [1.54, 1.807) is 25.1 Å². The third-order valence-electron chi connectivity index (χ3n) is 4.33. The molecule has 0 bridgehead atoms. The van der Waals surface area contributed by atoms with Gasteiger partial charge in [0.05, 0.1) is 11.6 Å². The van der Waals surface area contributed by atoms with Gasteiger partial charge in [0.1, 0.15) is 11.8 Å². The minimum atomic E-state index is -0.752. The van der Waals surface area contributed by atoms with Gasteiger partial charge in [0, 0.05) is 10.6 Å². The highest BCUT2D eigenvalue weighted by Crippen LogP contribution is 2.38. The number of benzene rings is 2. The summed E-state index contributed by atoms with van der Waals surface area (Å²) in [4.78, 5) is 24.6. The van der Waals surface area contributed by atoms with Gasteiger partial charge in [-0.2, -0.15) is 0 Å². The number of amides is 2. The van der Waals surface area contributed by atoms with Crippen molar-refractivity contribution in [2.24, 2.45) is 0 Å². The van der Waals surface area contributed by atoms with Crippen LogP contribution in [0.15, 0.2) is 36.4 Å². The molecule has 1 heterocycles. The topological polar surface area (TPSA) is 90.5 Å². The number of halogens is 1. The van der Waals surface area contributed by atoms with Crippen LogP contribution >= 0.6 is 11.6 Å². The number of rotatable bonds is 4. The highest BCUT2D eigenvalue weighted by Gasteiger charge is 2.34. The first kappa shape index (κ1) is 17.3. The van der Waals surface area contributed by atoms with Gasteiger partial charge in [-0.05, 0) is 43.2 Å². The number of carbonyl (C=O) groups excluding carboxylic acids is 2. The first-order valence-corrected chi connectivity index (χ1v) is 8.20. The molecule has 6 nitrogen and oxygen atoms in total. The summed E-state index contributed by atoms with van der Waals surface area (Å²) in [5.74, 6) is -0.886. The van der Waals surface area contributed by atoms with Gasteiger partial charge in [-0.15, -0.1) is 0 Å². The highest BCUT2D eigenvalue weighted by molar-refractivity contribution is 6.33. The summed E-state index contributed by atoms with van der Waals surface area (Å²) in [6.45, 7) is 3.62. The second-order valence-electron chi connectivity index (χ2n) is 6.02.